The zero-order chi connectivity index (χ0) is 11.4. The average molecular weight is 223 g/mol. The van der Waals surface area contributed by atoms with Crippen LogP contribution in [0.4, 0.5) is 5.82 Å². The van der Waals surface area contributed by atoms with Crippen molar-refractivity contribution in [3.05, 3.63) is 22.2 Å². The highest BCUT2D eigenvalue weighted by atomic mass is 16.5. The highest BCUT2D eigenvalue weighted by Crippen LogP contribution is 2.12. The molecule has 88 valence electrons. The first-order valence-electron chi connectivity index (χ1n) is 5.69. The van der Waals surface area contributed by atoms with E-state index in [2.05, 4.69) is 15.3 Å². The van der Waals surface area contributed by atoms with Crippen LogP contribution < -0.4 is 10.9 Å². The van der Waals surface area contributed by atoms with Gasteiger partial charge < -0.3 is 15.0 Å². The summed E-state index contributed by atoms with van der Waals surface area (Å²) in [6.07, 6.45) is 1.81. The molecule has 2 rings (SSSR count). The van der Waals surface area contributed by atoms with Gasteiger partial charge in [0.1, 0.15) is 11.6 Å². The molecule has 1 atom stereocenters. The second kappa shape index (κ2) is 5.12. The summed E-state index contributed by atoms with van der Waals surface area (Å²) in [5.74, 6) is 1.91. The van der Waals surface area contributed by atoms with Crippen LogP contribution in [0.2, 0.25) is 0 Å². The van der Waals surface area contributed by atoms with Crippen molar-refractivity contribution in [2.24, 2.45) is 5.92 Å². The predicted octanol–water partition coefficient (Wildman–Crippen LogP) is 0.781. The molecular weight excluding hydrogens is 206 g/mol. The third kappa shape index (κ3) is 2.82. The van der Waals surface area contributed by atoms with E-state index >= 15 is 0 Å². The van der Waals surface area contributed by atoms with E-state index in [1.54, 1.807) is 0 Å². The fraction of sp³-hybridized carbons (Fsp3) is 0.636. The largest absolute Gasteiger partial charge is 0.381 e. The molecule has 1 unspecified atom stereocenters. The standard InChI is InChI=1S/C11H17N3O2/c1-2-9-13-10(5-11(15)14-9)12-6-8-3-4-16-7-8/h5,8H,2-4,6-7H2,1H3,(H2,12,13,14,15). The molecule has 1 fully saturated rings. The van der Waals surface area contributed by atoms with Crippen molar-refractivity contribution in [3.63, 3.8) is 0 Å². The van der Waals surface area contributed by atoms with Gasteiger partial charge in [0.25, 0.3) is 5.56 Å². The van der Waals surface area contributed by atoms with Crippen molar-refractivity contribution in [2.75, 3.05) is 25.1 Å². The van der Waals surface area contributed by atoms with E-state index < -0.39 is 0 Å². The Bertz CT molecular complexity index is 396. The normalized spacial score (nSPS) is 19.9. The highest BCUT2D eigenvalue weighted by molar-refractivity contribution is 5.32. The molecule has 1 aliphatic heterocycles. The lowest BCUT2D eigenvalue weighted by atomic mass is 10.1. The molecule has 0 amide bonds. The zero-order valence-corrected chi connectivity index (χ0v) is 9.45. The second-order valence-electron chi connectivity index (χ2n) is 4.04. The van der Waals surface area contributed by atoms with E-state index in [1.165, 1.54) is 6.07 Å². The van der Waals surface area contributed by atoms with Crippen molar-refractivity contribution >= 4 is 5.82 Å². The van der Waals surface area contributed by atoms with E-state index in [0.717, 1.165) is 38.4 Å². The van der Waals surface area contributed by atoms with Gasteiger partial charge in [0.15, 0.2) is 0 Å². The van der Waals surface area contributed by atoms with E-state index in [9.17, 15) is 4.79 Å². The van der Waals surface area contributed by atoms with Crippen LogP contribution in [-0.4, -0.2) is 29.7 Å². The zero-order valence-electron chi connectivity index (χ0n) is 9.45. The van der Waals surface area contributed by atoms with Crippen molar-refractivity contribution in [2.45, 2.75) is 19.8 Å². The lowest BCUT2D eigenvalue weighted by Gasteiger charge is -2.10. The summed E-state index contributed by atoms with van der Waals surface area (Å²) in [6.45, 7) is 4.43. The Kier molecular flexibility index (Phi) is 3.56. The minimum absolute atomic E-state index is 0.1000. The number of nitrogens with one attached hydrogen (secondary N) is 2. The van der Waals surface area contributed by atoms with Gasteiger partial charge in [0.05, 0.1) is 6.61 Å². The van der Waals surface area contributed by atoms with Gasteiger partial charge in [-0.1, -0.05) is 6.92 Å². The lowest BCUT2D eigenvalue weighted by molar-refractivity contribution is 0.187. The number of aryl methyl sites for hydroxylation is 1. The van der Waals surface area contributed by atoms with Gasteiger partial charge in [0.2, 0.25) is 0 Å². The van der Waals surface area contributed by atoms with Crippen molar-refractivity contribution < 1.29 is 4.74 Å². The Morgan fingerprint density at radius 1 is 1.69 bits per heavy atom. The number of aromatic amines is 1. The number of nitrogens with zero attached hydrogens (tertiary/aromatic N) is 1. The van der Waals surface area contributed by atoms with Crippen LogP contribution in [0, 0.1) is 5.92 Å². The van der Waals surface area contributed by atoms with Crippen LogP contribution in [0.25, 0.3) is 0 Å². The molecule has 2 N–H and O–H groups in total. The highest BCUT2D eigenvalue weighted by Gasteiger charge is 2.15. The molecule has 0 radical (unpaired) electrons. The molecule has 16 heavy (non-hydrogen) atoms. The number of aromatic nitrogens is 2. The Balaban J connectivity index is 1.97. The Morgan fingerprint density at radius 2 is 2.56 bits per heavy atom. The smallest absolute Gasteiger partial charge is 0.252 e. The summed E-state index contributed by atoms with van der Waals surface area (Å²) in [5, 5.41) is 3.19. The van der Waals surface area contributed by atoms with E-state index in [0.29, 0.717) is 11.7 Å². The molecule has 0 aliphatic carbocycles. The van der Waals surface area contributed by atoms with Crippen molar-refractivity contribution in [3.8, 4) is 0 Å². The van der Waals surface area contributed by atoms with E-state index in [-0.39, 0.29) is 5.56 Å². The first-order valence-corrected chi connectivity index (χ1v) is 5.69. The molecule has 1 saturated heterocycles. The summed E-state index contributed by atoms with van der Waals surface area (Å²) in [7, 11) is 0. The Hall–Kier alpha value is -1.36. The fourth-order valence-electron chi connectivity index (χ4n) is 1.76. The maximum Gasteiger partial charge on any atom is 0.252 e. The molecule has 1 aliphatic rings. The maximum absolute atomic E-state index is 11.3. The van der Waals surface area contributed by atoms with Gasteiger partial charge in [-0.3, -0.25) is 4.79 Å². The van der Waals surface area contributed by atoms with E-state index in [4.69, 9.17) is 4.74 Å². The quantitative estimate of drug-likeness (QED) is 0.791. The fourth-order valence-corrected chi connectivity index (χ4v) is 1.76. The summed E-state index contributed by atoms with van der Waals surface area (Å²) in [4.78, 5) is 18.3. The van der Waals surface area contributed by atoms with Crippen LogP contribution in [0.5, 0.6) is 0 Å². The summed E-state index contributed by atoms with van der Waals surface area (Å²) >= 11 is 0. The molecular formula is C11H17N3O2. The van der Waals surface area contributed by atoms with Crippen LogP contribution in [0.1, 0.15) is 19.2 Å². The number of anilines is 1. The molecule has 0 bridgehead atoms. The van der Waals surface area contributed by atoms with Gasteiger partial charge in [0, 0.05) is 31.6 Å². The van der Waals surface area contributed by atoms with Gasteiger partial charge in [-0.15, -0.1) is 0 Å². The van der Waals surface area contributed by atoms with Crippen LogP contribution in [-0.2, 0) is 11.2 Å². The molecule has 1 aromatic heterocycles. The Labute approximate surface area is 94.2 Å². The van der Waals surface area contributed by atoms with Gasteiger partial charge in [-0.05, 0) is 6.42 Å². The molecule has 0 aromatic carbocycles. The topological polar surface area (TPSA) is 67.0 Å². The first-order chi connectivity index (χ1) is 7.78. The van der Waals surface area contributed by atoms with Crippen LogP contribution >= 0.6 is 0 Å². The SMILES string of the molecule is CCc1nc(NCC2CCOC2)cc(=O)[nH]1. The number of rotatable bonds is 4. The minimum Gasteiger partial charge on any atom is -0.381 e. The summed E-state index contributed by atoms with van der Waals surface area (Å²) in [6, 6.07) is 1.50. The van der Waals surface area contributed by atoms with Crippen LogP contribution in [0.3, 0.4) is 0 Å². The number of hydrogen-bond donors (Lipinski definition) is 2. The molecule has 0 spiro atoms. The summed E-state index contributed by atoms with van der Waals surface area (Å²) < 4.78 is 5.29. The predicted molar refractivity (Wildman–Crippen MR) is 61.7 cm³/mol. The Morgan fingerprint density at radius 3 is 3.25 bits per heavy atom. The minimum atomic E-state index is -0.1000. The van der Waals surface area contributed by atoms with E-state index in [1.807, 2.05) is 6.92 Å². The third-order valence-electron chi connectivity index (χ3n) is 2.72. The molecule has 2 heterocycles. The maximum atomic E-state index is 11.3. The van der Waals surface area contributed by atoms with Gasteiger partial charge >= 0.3 is 0 Å². The van der Waals surface area contributed by atoms with Gasteiger partial charge in [-0.25, -0.2) is 4.98 Å². The molecule has 5 nitrogen and oxygen atoms in total. The van der Waals surface area contributed by atoms with Crippen LogP contribution in [0.15, 0.2) is 10.9 Å². The van der Waals surface area contributed by atoms with Crippen molar-refractivity contribution in [1.29, 1.82) is 0 Å². The number of H-pyrrole nitrogens is 1. The third-order valence-corrected chi connectivity index (χ3v) is 2.72. The lowest BCUT2D eigenvalue weighted by Crippen LogP contribution is -2.18. The number of hydrogen-bond acceptors (Lipinski definition) is 4. The first kappa shape index (κ1) is 11.1. The second-order valence-corrected chi connectivity index (χ2v) is 4.04. The van der Waals surface area contributed by atoms with Gasteiger partial charge in [-0.2, -0.15) is 0 Å². The average Bonchev–Trinajstić information content (AvgIpc) is 2.78. The molecule has 1 aromatic rings. The molecule has 0 saturated carbocycles. The van der Waals surface area contributed by atoms with Crippen molar-refractivity contribution in [1.82, 2.24) is 9.97 Å². The summed E-state index contributed by atoms with van der Waals surface area (Å²) in [5.41, 5.74) is -0.1000. The monoisotopic (exact) mass is 223 g/mol. The number of ether oxygens (including phenoxy) is 1. The molecule has 5 heteroatoms.